The minimum absolute atomic E-state index is 0.162. The standard InChI is InChI=1S/C26H38N4O3S/c1-20(2)18-25(28-34(32,33)24-12-10-21(3)11-13-24)26(31)27-19-22(4)29-14-16-30(17-15-29)23-8-6-5-7-9-23/h5-13,20,22,25,28H,14-19H2,1-4H3,(H,27,31)/t22-,25-/m1/s1. The van der Waals surface area contributed by atoms with Gasteiger partial charge in [-0.3, -0.25) is 9.69 Å². The summed E-state index contributed by atoms with van der Waals surface area (Å²) in [7, 11) is -3.79. The molecule has 1 amide bonds. The summed E-state index contributed by atoms with van der Waals surface area (Å²) in [5, 5.41) is 2.99. The summed E-state index contributed by atoms with van der Waals surface area (Å²) >= 11 is 0. The Labute approximate surface area is 204 Å². The predicted octanol–water partition coefficient (Wildman–Crippen LogP) is 3.01. The molecule has 1 saturated heterocycles. The van der Waals surface area contributed by atoms with Crippen molar-refractivity contribution in [1.82, 2.24) is 14.9 Å². The molecule has 3 rings (SSSR count). The molecule has 1 heterocycles. The van der Waals surface area contributed by atoms with Gasteiger partial charge in [0.2, 0.25) is 15.9 Å². The van der Waals surface area contributed by atoms with E-state index in [4.69, 9.17) is 0 Å². The molecule has 2 aromatic rings. The first-order valence-corrected chi connectivity index (χ1v) is 13.5. The Morgan fingerprint density at radius 3 is 2.15 bits per heavy atom. The van der Waals surface area contributed by atoms with Crippen molar-refractivity contribution in [3.05, 3.63) is 60.2 Å². The topological polar surface area (TPSA) is 81.7 Å². The van der Waals surface area contributed by atoms with Crippen LogP contribution in [0, 0.1) is 12.8 Å². The number of hydrogen-bond acceptors (Lipinski definition) is 5. The van der Waals surface area contributed by atoms with Crippen molar-refractivity contribution in [2.45, 2.75) is 51.1 Å². The fourth-order valence-electron chi connectivity index (χ4n) is 4.21. The Hall–Kier alpha value is -2.42. The minimum atomic E-state index is -3.79. The molecule has 0 bridgehead atoms. The number of carbonyl (C=O) groups excluding carboxylic acids is 1. The van der Waals surface area contributed by atoms with Gasteiger partial charge in [-0.15, -0.1) is 0 Å². The summed E-state index contributed by atoms with van der Waals surface area (Å²) in [4.78, 5) is 17.9. The number of sulfonamides is 1. The van der Waals surface area contributed by atoms with Gasteiger partial charge in [-0.1, -0.05) is 49.7 Å². The van der Waals surface area contributed by atoms with Crippen molar-refractivity contribution in [2.75, 3.05) is 37.6 Å². The van der Waals surface area contributed by atoms with Crippen LogP contribution in [0.2, 0.25) is 0 Å². The van der Waals surface area contributed by atoms with E-state index in [9.17, 15) is 13.2 Å². The Balaban J connectivity index is 1.54. The lowest BCUT2D eigenvalue weighted by molar-refractivity contribution is -0.123. The second-order valence-electron chi connectivity index (χ2n) is 9.57. The molecule has 0 aliphatic carbocycles. The lowest BCUT2D eigenvalue weighted by Crippen LogP contribution is -2.54. The molecule has 0 spiro atoms. The fourth-order valence-corrected chi connectivity index (χ4v) is 5.42. The summed E-state index contributed by atoms with van der Waals surface area (Å²) < 4.78 is 28.4. The molecule has 0 aromatic heterocycles. The molecule has 2 aromatic carbocycles. The molecule has 0 saturated carbocycles. The average Bonchev–Trinajstić information content (AvgIpc) is 2.82. The summed E-state index contributed by atoms with van der Waals surface area (Å²) in [6.07, 6.45) is 0.432. The van der Waals surface area contributed by atoms with Crippen LogP contribution in [0.3, 0.4) is 0 Å². The van der Waals surface area contributed by atoms with Crippen LogP contribution >= 0.6 is 0 Å². The zero-order chi connectivity index (χ0) is 24.7. The number of carbonyl (C=O) groups is 1. The SMILES string of the molecule is Cc1ccc(S(=O)(=O)N[C@H](CC(C)C)C(=O)NC[C@@H](C)N2CCN(c3ccccc3)CC2)cc1. The third-order valence-corrected chi connectivity index (χ3v) is 7.77. The highest BCUT2D eigenvalue weighted by atomic mass is 32.2. The molecule has 1 aliphatic rings. The third kappa shape index (κ3) is 7.29. The predicted molar refractivity (Wildman–Crippen MR) is 137 cm³/mol. The maximum absolute atomic E-state index is 13.0. The quantitative estimate of drug-likeness (QED) is 0.540. The van der Waals surface area contributed by atoms with Gasteiger partial charge in [0.25, 0.3) is 0 Å². The van der Waals surface area contributed by atoms with Crippen LogP contribution in [0.4, 0.5) is 5.69 Å². The summed E-state index contributed by atoms with van der Waals surface area (Å²) in [6, 6.07) is 16.4. The van der Waals surface area contributed by atoms with Crippen molar-refractivity contribution in [1.29, 1.82) is 0 Å². The van der Waals surface area contributed by atoms with Crippen LogP contribution in [0.1, 0.15) is 32.8 Å². The summed E-state index contributed by atoms with van der Waals surface area (Å²) in [5.74, 6) is -0.112. The van der Waals surface area contributed by atoms with Crippen LogP contribution in [0.25, 0.3) is 0 Å². The second kappa shape index (κ2) is 11.8. The zero-order valence-corrected chi connectivity index (χ0v) is 21.5. The molecular formula is C26H38N4O3S. The summed E-state index contributed by atoms with van der Waals surface area (Å²) in [5.41, 5.74) is 2.22. The molecular weight excluding hydrogens is 448 g/mol. The summed E-state index contributed by atoms with van der Waals surface area (Å²) in [6.45, 7) is 12.2. The van der Waals surface area contributed by atoms with E-state index in [0.717, 1.165) is 31.7 Å². The van der Waals surface area contributed by atoms with Gasteiger partial charge in [0.05, 0.1) is 4.90 Å². The fraction of sp³-hybridized carbons (Fsp3) is 0.500. The number of nitrogens with one attached hydrogen (secondary N) is 2. The highest BCUT2D eigenvalue weighted by Gasteiger charge is 2.28. The van der Waals surface area contributed by atoms with Crippen LogP contribution in [-0.4, -0.2) is 64.0 Å². The first-order valence-electron chi connectivity index (χ1n) is 12.1. The molecule has 8 heteroatoms. The number of piperazine rings is 1. The first kappa shape index (κ1) is 26.2. The van der Waals surface area contributed by atoms with E-state index < -0.39 is 16.1 Å². The number of amides is 1. The van der Waals surface area contributed by atoms with Gasteiger partial charge >= 0.3 is 0 Å². The van der Waals surface area contributed by atoms with Crippen molar-refractivity contribution >= 4 is 21.6 Å². The number of aryl methyl sites for hydroxylation is 1. The largest absolute Gasteiger partial charge is 0.369 e. The lowest BCUT2D eigenvalue weighted by atomic mass is 10.0. The zero-order valence-electron chi connectivity index (χ0n) is 20.7. The van der Waals surface area contributed by atoms with Gasteiger partial charge in [-0.2, -0.15) is 4.72 Å². The number of rotatable bonds is 10. The van der Waals surface area contributed by atoms with E-state index in [0.29, 0.717) is 13.0 Å². The van der Waals surface area contributed by atoms with E-state index >= 15 is 0 Å². The molecule has 2 atom stereocenters. The van der Waals surface area contributed by atoms with E-state index in [1.807, 2.05) is 26.8 Å². The van der Waals surface area contributed by atoms with Crippen LogP contribution in [0.15, 0.2) is 59.5 Å². The van der Waals surface area contributed by atoms with Crippen molar-refractivity contribution in [3.63, 3.8) is 0 Å². The molecule has 34 heavy (non-hydrogen) atoms. The highest BCUT2D eigenvalue weighted by Crippen LogP contribution is 2.17. The highest BCUT2D eigenvalue weighted by molar-refractivity contribution is 7.89. The van der Waals surface area contributed by atoms with E-state index in [-0.39, 0.29) is 22.8 Å². The van der Waals surface area contributed by atoms with Crippen LogP contribution in [-0.2, 0) is 14.8 Å². The van der Waals surface area contributed by atoms with Crippen molar-refractivity contribution in [2.24, 2.45) is 5.92 Å². The second-order valence-corrected chi connectivity index (χ2v) is 11.3. The maximum Gasteiger partial charge on any atom is 0.241 e. The number of hydrogen-bond donors (Lipinski definition) is 2. The number of nitrogens with zero attached hydrogens (tertiary/aromatic N) is 2. The molecule has 7 nitrogen and oxygen atoms in total. The first-order chi connectivity index (χ1) is 16.2. The Morgan fingerprint density at radius 2 is 1.56 bits per heavy atom. The normalized spacial score (nSPS) is 16.9. The molecule has 0 unspecified atom stereocenters. The molecule has 186 valence electrons. The van der Waals surface area contributed by atoms with Crippen molar-refractivity contribution < 1.29 is 13.2 Å². The Kier molecular flexibility index (Phi) is 9.10. The number of para-hydroxylation sites is 1. The van der Waals surface area contributed by atoms with Gasteiger partial charge in [0, 0.05) is 44.5 Å². The van der Waals surface area contributed by atoms with Gasteiger partial charge in [0.1, 0.15) is 6.04 Å². The van der Waals surface area contributed by atoms with Crippen LogP contribution < -0.4 is 14.9 Å². The molecule has 1 aliphatic heterocycles. The number of benzene rings is 2. The lowest BCUT2D eigenvalue weighted by Gasteiger charge is -2.39. The molecule has 0 radical (unpaired) electrons. The maximum atomic E-state index is 13.0. The average molecular weight is 487 g/mol. The monoisotopic (exact) mass is 486 g/mol. The third-order valence-electron chi connectivity index (χ3n) is 6.28. The van der Waals surface area contributed by atoms with Gasteiger partial charge < -0.3 is 10.2 Å². The van der Waals surface area contributed by atoms with Crippen molar-refractivity contribution in [3.8, 4) is 0 Å². The smallest absolute Gasteiger partial charge is 0.241 e. The van der Waals surface area contributed by atoms with Gasteiger partial charge in [-0.05, 0) is 50.5 Å². The van der Waals surface area contributed by atoms with Gasteiger partial charge in [0.15, 0.2) is 0 Å². The Morgan fingerprint density at radius 1 is 0.941 bits per heavy atom. The van der Waals surface area contributed by atoms with E-state index in [2.05, 4.69) is 51.0 Å². The molecule has 1 fully saturated rings. The van der Waals surface area contributed by atoms with E-state index in [1.54, 1.807) is 24.3 Å². The van der Waals surface area contributed by atoms with E-state index in [1.165, 1.54) is 5.69 Å². The minimum Gasteiger partial charge on any atom is -0.369 e. The van der Waals surface area contributed by atoms with Gasteiger partial charge in [-0.25, -0.2) is 8.42 Å². The van der Waals surface area contributed by atoms with Crippen LogP contribution in [0.5, 0.6) is 0 Å². The number of anilines is 1. The Bertz CT molecular complexity index is 1020. The molecule has 2 N–H and O–H groups in total.